The lowest BCUT2D eigenvalue weighted by Crippen LogP contribution is -2.29. The van der Waals surface area contributed by atoms with Gasteiger partial charge in [0.2, 0.25) is 11.8 Å². The molecule has 0 bridgehead atoms. The zero-order valence-electron chi connectivity index (χ0n) is 15.1. The average Bonchev–Trinajstić information content (AvgIpc) is 2.60. The van der Waals surface area contributed by atoms with Gasteiger partial charge in [0.05, 0.1) is 0 Å². The molecule has 2 amide bonds. The maximum atomic E-state index is 10.3. The third kappa shape index (κ3) is 27.4. The molecule has 0 spiro atoms. The van der Waals surface area contributed by atoms with Crippen LogP contribution >= 0.6 is 21.6 Å². The van der Waals surface area contributed by atoms with E-state index in [1.54, 1.807) is 34.0 Å². The van der Waals surface area contributed by atoms with Crippen molar-refractivity contribution in [2.75, 3.05) is 37.7 Å². The minimum atomic E-state index is -0.459. The molecule has 0 radical (unpaired) electrons. The fraction of sp³-hybridized carbons (Fsp3) is 0.600. The first kappa shape index (κ1) is 26.8. The third-order valence-corrected chi connectivity index (χ3v) is 4.96. The van der Waals surface area contributed by atoms with Crippen LogP contribution < -0.4 is 39.3 Å². The molecular formula is C15H33N7O2S2. The predicted molar refractivity (Wildman–Crippen MR) is 113 cm³/mol. The van der Waals surface area contributed by atoms with Gasteiger partial charge in [0.1, 0.15) is 0 Å². The maximum Gasteiger partial charge on any atom is 0.242 e. The van der Waals surface area contributed by atoms with E-state index in [2.05, 4.69) is 10.6 Å². The van der Waals surface area contributed by atoms with Gasteiger partial charge in [-0.3, -0.25) is 9.59 Å². The summed E-state index contributed by atoms with van der Waals surface area (Å²) < 4.78 is 0. The smallest absolute Gasteiger partial charge is 0.242 e. The van der Waals surface area contributed by atoms with Gasteiger partial charge in [0.15, 0.2) is 0 Å². The number of carbonyl (C=O) groups is 2. The van der Waals surface area contributed by atoms with Crippen LogP contribution in [0.2, 0.25) is 0 Å². The summed E-state index contributed by atoms with van der Waals surface area (Å²) in [6.07, 6.45) is 7.60. The van der Waals surface area contributed by atoms with Crippen molar-refractivity contribution >= 4 is 33.4 Å². The Morgan fingerprint density at radius 2 is 1.38 bits per heavy atom. The highest BCUT2D eigenvalue weighted by atomic mass is 33.1. The number of nitrogens with two attached hydrogens (primary N) is 5. The fourth-order valence-corrected chi connectivity index (χ4v) is 3.11. The SMILES string of the molecule is NC(=O)C=CNCCSSCCNC=CC(N)=O.NCCCC(N)CN. The van der Waals surface area contributed by atoms with Gasteiger partial charge in [-0.05, 0) is 19.4 Å². The minimum absolute atomic E-state index is 0.151. The standard InChI is InChI=1S/C10H18N4O2S2.C5H15N3/c11-9(15)1-3-13-5-7-17-18-8-6-14-4-2-10(12)16;6-3-1-2-5(8)4-7/h1-4,13-14H,5-8H2,(H2,11,15)(H2,12,16);5H,1-4,6-8H2. The minimum Gasteiger partial charge on any atom is -0.390 e. The maximum absolute atomic E-state index is 10.3. The second-order valence-corrected chi connectivity index (χ2v) is 7.65. The van der Waals surface area contributed by atoms with E-state index < -0.39 is 11.8 Å². The topological polar surface area (TPSA) is 188 Å². The van der Waals surface area contributed by atoms with E-state index in [1.165, 1.54) is 12.2 Å². The zero-order chi connectivity index (χ0) is 20.0. The summed E-state index contributed by atoms with van der Waals surface area (Å²) in [5.41, 5.74) is 25.8. The van der Waals surface area contributed by atoms with Gasteiger partial charge < -0.3 is 39.3 Å². The van der Waals surface area contributed by atoms with E-state index in [1.807, 2.05) is 0 Å². The second-order valence-electron chi connectivity index (χ2n) is 4.95. The Kier molecular flexibility index (Phi) is 22.3. The van der Waals surface area contributed by atoms with Crippen LogP contribution in [0.3, 0.4) is 0 Å². The molecule has 0 aliphatic heterocycles. The monoisotopic (exact) mass is 407 g/mol. The number of carbonyl (C=O) groups excluding carboxylic acids is 2. The van der Waals surface area contributed by atoms with Crippen LogP contribution in [0.15, 0.2) is 24.6 Å². The Morgan fingerprint density at radius 3 is 1.73 bits per heavy atom. The molecule has 0 aromatic carbocycles. The van der Waals surface area contributed by atoms with Gasteiger partial charge in [-0.2, -0.15) is 0 Å². The molecule has 0 saturated heterocycles. The van der Waals surface area contributed by atoms with Gasteiger partial charge in [-0.1, -0.05) is 21.6 Å². The molecule has 0 aliphatic carbocycles. The number of hydrogen-bond donors (Lipinski definition) is 7. The molecule has 0 fully saturated rings. The van der Waals surface area contributed by atoms with Crippen LogP contribution in [0.5, 0.6) is 0 Å². The molecular weight excluding hydrogens is 374 g/mol. The van der Waals surface area contributed by atoms with Crippen LogP contribution in [0.25, 0.3) is 0 Å². The van der Waals surface area contributed by atoms with Crippen molar-refractivity contribution in [1.82, 2.24) is 10.6 Å². The summed E-state index contributed by atoms with van der Waals surface area (Å²) in [6, 6.07) is 0.151. The number of hydrogen-bond acceptors (Lipinski definition) is 9. The Balaban J connectivity index is 0. The van der Waals surface area contributed by atoms with Crippen LogP contribution in [0.4, 0.5) is 0 Å². The van der Waals surface area contributed by atoms with Crippen molar-refractivity contribution in [1.29, 1.82) is 0 Å². The lowest BCUT2D eigenvalue weighted by molar-refractivity contribution is -0.114. The quantitative estimate of drug-likeness (QED) is 0.0968. The molecule has 12 N–H and O–H groups in total. The summed E-state index contributed by atoms with van der Waals surface area (Å²) >= 11 is 0. The van der Waals surface area contributed by atoms with Crippen LogP contribution in [0.1, 0.15) is 12.8 Å². The Hall–Kier alpha value is -1.40. The highest BCUT2D eigenvalue weighted by Crippen LogP contribution is 2.19. The van der Waals surface area contributed by atoms with E-state index in [-0.39, 0.29) is 6.04 Å². The largest absolute Gasteiger partial charge is 0.390 e. The van der Waals surface area contributed by atoms with E-state index in [0.717, 1.165) is 37.4 Å². The number of nitrogens with one attached hydrogen (secondary N) is 2. The van der Waals surface area contributed by atoms with E-state index in [0.29, 0.717) is 13.1 Å². The first-order valence-corrected chi connectivity index (χ1v) is 10.7. The summed E-state index contributed by atoms with van der Waals surface area (Å²) in [7, 11) is 3.45. The molecule has 9 nitrogen and oxygen atoms in total. The first-order chi connectivity index (χ1) is 12.4. The zero-order valence-corrected chi connectivity index (χ0v) is 16.7. The predicted octanol–water partition coefficient (Wildman–Crippen LogP) is -1.44. The normalized spacial score (nSPS) is 11.8. The molecule has 11 heteroatoms. The average molecular weight is 408 g/mol. The van der Waals surface area contributed by atoms with Crippen molar-refractivity contribution in [3.63, 3.8) is 0 Å². The Labute approximate surface area is 163 Å². The fourth-order valence-electron chi connectivity index (χ4n) is 1.27. The van der Waals surface area contributed by atoms with Gasteiger partial charge in [0.25, 0.3) is 0 Å². The second kappa shape index (κ2) is 21.6. The van der Waals surface area contributed by atoms with Gasteiger partial charge in [-0.25, -0.2) is 0 Å². The highest BCUT2D eigenvalue weighted by Gasteiger charge is 1.95. The van der Waals surface area contributed by atoms with Crippen molar-refractivity contribution in [3.05, 3.63) is 24.6 Å². The highest BCUT2D eigenvalue weighted by molar-refractivity contribution is 8.76. The number of primary amides is 2. The molecule has 1 atom stereocenters. The number of amides is 2. The van der Waals surface area contributed by atoms with Crippen molar-refractivity contribution < 1.29 is 9.59 Å². The van der Waals surface area contributed by atoms with Crippen LogP contribution in [0, 0.1) is 0 Å². The molecule has 1 unspecified atom stereocenters. The van der Waals surface area contributed by atoms with Gasteiger partial charge in [0, 0.05) is 61.7 Å². The van der Waals surface area contributed by atoms with Crippen LogP contribution in [-0.2, 0) is 9.59 Å². The molecule has 0 aliphatic rings. The van der Waals surface area contributed by atoms with Crippen molar-refractivity contribution in [2.45, 2.75) is 18.9 Å². The van der Waals surface area contributed by atoms with Crippen molar-refractivity contribution in [3.8, 4) is 0 Å². The summed E-state index contributed by atoms with van der Waals surface area (Å²) in [5.74, 6) is 0.926. The molecule has 152 valence electrons. The summed E-state index contributed by atoms with van der Waals surface area (Å²) in [4.78, 5) is 20.7. The summed E-state index contributed by atoms with van der Waals surface area (Å²) in [6.45, 7) is 2.83. The van der Waals surface area contributed by atoms with E-state index in [9.17, 15) is 9.59 Å². The number of rotatable bonds is 15. The summed E-state index contributed by atoms with van der Waals surface area (Å²) in [5, 5.41) is 5.89. The van der Waals surface area contributed by atoms with Gasteiger partial charge in [-0.15, -0.1) is 0 Å². The first-order valence-electron chi connectivity index (χ1n) is 8.22. The molecule has 0 heterocycles. The molecule has 0 rings (SSSR count). The third-order valence-electron chi connectivity index (χ3n) is 2.56. The van der Waals surface area contributed by atoms with Crippen molar-refractivity contribution in [2.24, 2.45) is 28.7 Å². The molecule has 0 saturated carbocycles. The lowest BCUT2D eigenvalue weighted by atomic mass is 10.2. The lowest BCUT2D eigenvalue weighted by Gasteiger charge is -2.04. The molecule has 0 aromatic heterocycles. The Bertz CT molecular complexity index is 379. The molecule has 26 heavy (non-hydrogen) atoms. The molecule has 0 aromatic rings. The van der Waals surface area contributed by atoms with E-state index in [4.69, 9.17) is 28.7 Å². The van der Waals surface area contributed by atoms with Crippen LogP contribution in [-0.4, -0.2) is 55.5 Å². The Morgan fingerprint density at radius 1 is 0.923 bits per heavy atom. The van der Waals surface area contributed by atoms with E-state index >= 15 is 0 Å². The van der Waals surface area contributed by atoms with Gasteiger partial charge >= 0.3 is 0 Å².